The van der Waals surface area contributed by atoms with E-state index in [9.17, 15) is 0 Å². The van der Waals surface area contributed by atoms with Gasteiger partial charge in [-0.1, -0.05) is 17.3 Å². The maximum Gasteiger partial charge on any atom is 0.230 e. The van der Waals surface area contributed by atoms with Gasteiger partial charge in [0.25, 0.3) is 0 Å². The fourth-order valence-corrected chi connectivity index (χ4v) is 1.44. The second kappa shape index (κ2) is 3.70. The van der Waals surface area contributed by atoms with Crippen LogP contribution in [0.5, 0.6) is 0 Å². The topological polar surface area (TPSA) is 48.2 Å². The Morgan fingerprint density at radius 3 is 3.00 bits per heavy atom. The molecule has 0 unspecified atom stereocenters. The molecule has 4 nitrogen and oxygen atoms in total. The largest absolute Gasteiger partial charge is 0.377 e. The first-order valence-electron chi connectivity index (χ1n) is 4.36. The molecule has 1 aromatic heterocycles. The molecule has 1 aliphatic carbocycles. The lowest BCUT2D eigenvalue weighted by atomic mass is 10.1. The molecule has 0 atom stereocenters. The van der Waals surface area contributed by atoms with Crippen molar-refractivity contribution in [3.05, 3.63) is 23.9 Å². The summed E-state index contributed by atoms with van der Waals surface area (Å²) < 4.78 is 10.0. The van der Waals surface area contributed by atoms with Crippen molar-refractivity contribution in [1.29, 1.82) is 0 Å². The summed E-state index contributed by atoms with van der Waals surface area (Å²) in [7, 11) is 1.62. The Bertz CT molecular complexity index is 298. The normalized spacial score (nSPS) is 17.0. The first kappa shape index (κ1) is 8.44. The minimum Gasteiger partial charge on any atom is -0.377 e. The average molecular weight is 180 g/mol. The summed E-state index contributed by atoms with van der Waals surface area (Å²) in [6.07, 6.45) is 6.30. The number of allylic oxidation sites excluding steroid dienone is 2. The number of nitrogens with zero attached hydrogens (tertiary/aromatic N) is 2. The van der Waals surface area contributed by atoms with Crippen LogP contribution < -0.4 is 0 Å². The summed E-state index contributed by atoms with van der Waals surface area (Å²) in [4.78, 5) is 4.24. The van der Waals surface area contributed by atoms with Gasteiger partial charge in [0.2, 0.25) is 5.89 Å². The predicted octanol–water partition coefficient (Wildman–Crippen LogP) is 1.65. The van der Waals surface area contributed by atoms with Gasteiger partial charge >= 0.3 is 0 Å². The van der Waals surface area contributed by atoms with Gasteiger partial charge in [0.05, 0.1) is 0 Å². The summed E-state index contributed by atoms with van der Waals surface area (Å²) in [5, 5.41) is 3.81. The fraction of sp³-hybridized carbons (Fsp3) is 0.556. The molecule has 0 fully saturated rings. The quantitative estimate of drug-likeness (QED) is 0.663. The molecule has 0 aliphatic heterocycles. The van der Waals surface area contributed by atoms with Crippen molar-refractivity contribution in [3.8, 4) is 0 Å². The van der Waals surface area contributed by atoms with Crippen LogP contribution in [0.1, 0.15) is 30.5 Å². The number of rotatable bonds is 3. The number of aromatic nitrogens is 2. The second-order valence-corrected chi connectivity index (χ2v) is 3.12. The van der Waals surface area contributed by atoms with Crippen LogP contribution in [-0.4, -0.2) is 17.3 Å². The Kier molecular flexibility index (Phi) is 2.40. The van der Waals surface area contributed by atoms with Crippen molar-refractivity contribution >= 4 is 0 Å². The van der Waals surface area contributed by atoms with Crippen LogP contribution in [0.3, 0.4) is 0 Å². The van der Waals surface area contributed by atoms with E-state index < -0.39 is 0 Å². The van der Waals surface area contributed by atoms with Gasteiger partial charge in [-0.25, -0.2) is 0 Å². The Labute approximate surface area is 76.6 Å². The maximum atomic E-state index is 5.12. The van der Waals surface area contributed by atoms with Crippen LogP contribution in [0.25, 0.3) is 0 Å². The zero-order valence-electron chi connectivity index (χ0n) is 7.56. The Hall–Kier alpha value is -1.16. The van der Waals surface area contributed by atoms with Crippen LogP contribution in [-0.2, 0) is 11.3 Å². The molecule has 0 aromatic carbocycles. The molecular formula is C9H12N2O2. The first-order chi connectivity index (χ1) is 6.40. The molecule has 0 amide bonds. The third kappa shape index (κ3) is 1.78. The molecule has 13 heavy (non-hydrogen) atoms. The first-order valence-corrected chi connectivity index (χ1v) is 4.36. The molecule has 0 radical (unpaired) electrons. The van der Waals surface area contributed by atoms with Crippen molar-refractivity contribution < 1.29 is 9.26 Å². The van der Waals surface area contributed by atoms with E-state index in [0.717, 1.165) is 18.7 Å². The van der Waals surface area contributed by atoms with Gasteiger partial charge in [-0.05, 0) is 12.8 Å². The standard InChI is InChI=1S/C9H12N2O2/c1-12-6-8-10-9(13-11-8)7-4-2-3-5-7/h2-3,7H,4-6H2,1H3. The molecule has 0 bridgehead atoms. The third-order valence-electron chi connectivity index (χ3n) is 2.11. The third-order valence-corrected chi connectivity index (χ3v) is 2.11. The van der Waals surface area contributed by atoms with Crippen molar-refractivity contribution in [1.82, 2.24) is 10.1 Å². The Morgan fingerprint density at radius 2 is 2.31 bits per heavy atom. The maximum absolute atomic E-state index is 5.12. The Balaban J connectivity index is 2.04. The van der Waals surface area contributed by atoms with Gasteiger partial charge < -0.3 is 9.26 Å². The minimum atomic E-state index is 0.387. The minimum absolute atomic E-state index is 0.387. The summed E-state index contributed by atoms with van der Waals surface area (Å²) in [5.74, 6) is 1.75. The summed E-state index contributed by atoms with van der Waals surface area (Å²) in [6.45, 7) is 0.420. The molecule has 1 aromatic rings. The van der Waals surface area contributed by atoms with Crippen molar-refractivity contribution in [2.45, 2.75) is 25.4 Å². The van der Waals surface area contributed by atoms with E-state index in [2.05, 4.69) is 22.3 Å². The van der Waals surface area contributed by atoms with Crippen LogP contribution in [0.4, 0.5) is 0 Å². The molecule has 2 rings (SSSR count). The highest BCUT2D eigenvalue weighted by Crippen LogP contribution is 2.27. The lowest BCUT2D eigenvalue weighted by Crippen LogP contribution is -1.94. The van der Waals surface area contributed by atoms with Crippen LogP contribution in [0.15, 0.2) is 16.7 Å². The van der Waals surface area contributed by atoms with Crippen molar-refractivity contribution in [2.75, 3.05) is 7.11 Å². The van der Waals surface area contributed by atoms with E-state index in [1.807, 2.05) is 0 Å². The number of ether oxygens (including phenoxy) is 1. The molecule has 1 aliphatic rings. The van der Waals surface area contributed by atoms with Gasteiger partial charge in [-0.3, -0.25) is 0 Å². The molecule has 0 spiro atoms. The van der Waals surface area contributed by atoms with E-state index in [1.54, 1.807) is 7.11 Å². The molecule has 0 saturated carbocycles. The van der Waals surface area contributed by atoms with E-state index >= 15 is 0 Å². The molecule has 1 heterocycles. The number of methoxy groups -OCH3 is 1. The molecular weight excluding hydrogens is 168 g/mol. The second-order valence-electron chi connectivity index (χ2n) is 3.12. The molecule has 0 saturated heterocycles. The van der Waals surface area contributed by atoms with E-state index in [1.165, 1.54) is 0 Å². The monoisotopic (exact) mass is 180 g/mol. The van der Waals surface area contributed by atoms with Crippen LogP contribution in [0.2, 0.25) is 0 Å². The van der Waals surface area contributed by atoms with Gasteiger partial charge in [0, 0.05) is 13.0 Å². The SMILES string of the molecule is COCc1noc(C2CC=CC2)n1. The fourth-order valence-electron chi connectivity index (χ4n) is 1.44. The summed E-state index contributed by atoms with van der Waals surface area (Å²) >= 11 is 0. The zero-order chi connectivity index (χ0) is 9.10. The lowest BCUT2D eigenvalue weighted by molar-refractivity contribution is 0.174. The van der Waals surface area contributed by atoms with Gasteiger partial charge in [-0.2, -0.15) is 4.98 Å². The number of hydrogen-bond acceptors (Lipinski definition) is 4. The van der Waals surface area contributed by atoms with Gasteiger partial charge in [0.15, 0.2) is 5.82 Å². The summed E-state index contributed by atoms with van der Waals surface area (Å²) in [6, 6.07) is 0. The summed E-state index contributed by atoms with van der Waals surface area (Å²) in [5.41, 5.74) is 0. The Morgan fingerprint density at radius 1 is 1.54 bits per heavy atom. The smallest absolute Gasteiger partial charge is 0.230 e. The van der Waals surface area contributed by atoms with E-state index in [4.69, 9.17) is 9.26 Å². The van der Waals surface area contributed by atoms with Gasteiger partial charge in [0.1, 0.15) is 6.61 Å². The zero-order valence-corrected chi connectivity index (χ0v) is 7.56. The number of hydrogen-bond donors (Lipinski definition) is 0. The van der Waals surface area contributed by atoms with E-state index in [-0.39, 0.29) is 0 Å². The van der Waals surface area contributed by atoms with Crippen molar-refractivity contribution in [3.63, 3.8) is 0 Å². The molecule has 4 heteroatoms. The highest BCUT2D eigenvalue weighted by Gasteiger charge is 2.19. The highest BCUT2D eigenvalue weighted by atomic mass is 16.5. The van der Waals surface area contributed by atoms with Crippen molar-refractivity contribution in [2.24, 2.45) is 0 Å². The predicted molar refractivity (Wildman–Crippen MR) is 46.1 cm³/mol. The average Bonchev–Trinajstić information content (AvgIpc) is 2.70. The van der Waals surface area contributed by atoms with Crippen LogP contribution >= 0.6 is 0 Å². The highest BCUT2D eigenvalue weighted by molar-refractivity contribution is 5.06. The molecule has 0 N–H and O–H groups in total. The van der Waals surface area contributed by atoms with Gasteiger partial charge in [-0.15, -0.1) is 0 Å². The lowest BCUT2D eigenvalue weighted by Gasteiger charge is -1.99. The van der Waals surface area contributed by atoms with E-state index in [0.29, 0.717) is 18.3 Å². The van der Waals surface area contributed by atoms with Crippen LogP contribution in [0, 0.1) is 0 Å². The molecule has 70 valence electrons.